The van der Waals surface area contributed by atoms with Crippen LogP contribution in [-0.2, 0) is 4.79 Å². The smallest absolute Gasteiger partial charge is 0.314 e. The van der Waals surface area contributed by atoms with Gasteiger partial charge in [0.05, 0.1) is 11.3 Å². The molecule has 0 aliphatic carbocycles. The molecule has 0 spiro atoms. The number of hydrogen-bond donors (Lipinski definition) is 0. The van der Waals surface area contributed by atoms with E-state index in [4.69, 9.17) is 20.8 Å². The van der Waals surface area contributed by atoms with Crippen molar-refractivity contribution >= 4 is 28.5 Å². The van der Waals surface area contributed by atoms with E-state index in [1.165, 1.54) is 0 Å². The van der Waals surface area contributed by atoms with Crippen LogP contribution in [0.1, 0.15) is 19.4 Å². The summed E-state index contributed by atoms with van der Waals surface area (Å²) in [6.45, 7) is 5.29. The van der Waals surface area contributed by atoms with Gasteiger partial charge in [0, 0.05) is 10.6 Å². The maximum Gasteiger partial charge on any atom is 0.314 e. The van der Waals surface area contributed by atoms with Crippen LogP contribution >= 0.6 is 11.6 Å². The maximum absolute atomic E-state index is 12.9. The standard InChI is InChI=1S/C20H17ClO4/c1-11(2)20(23)25-19-17(22)15-10-12(3)4-9-16(15)24-18(19)13-5-7-14(21)8-6-13/h4-11H,1-3H3. The summed E-state index contributed by atoms with van der Waals surface area (Å²) in [5.41, 5.74) is 1.59. The van der Waals surface area contributed by atoms with E-state index in [1.807, 2.05) is 13.0 Å². The van der Waals surface area contributed by atoms with E-state index in [0.29, 0.717) is 21.6 Å². The zero-order valence-electron chi connectivity index (χ0n) is 14.1. The monoisotopic (exact) mass is 356 g/mol. The number of fused-ring (bicyclic) bond motifs is 1. The molecule has 0 unspecified atom stereocenters. The average molecular weight is 357 g/mol. The predicted octanol–water partition coefficient (Wildman–Crippen LogP) is 4.98. The minimum absolute atomic E-state index is 0.0980. The van der Waals surface area contributed by atoms with Crippen molar-refractivity contribution in [1.29, 1.82) is 0 Å². The van der Waals surface area contributed by atoms with Gasteiger partial charge in [0.25, 0.3) is 0 Å². The van der Waals surface area contributed by atoms with Crippen LogP contribution in [0.3, 0.4) is 0 Å². The molecule has 4 nitrogen and oxygen atoms in total. The SMILES string of the molecule is Cc1ccc2oc(-c3ccc(Cl)cc3)c(OC(=O)C(C)C)c(=O)c2c1. The Labute approximate surface area is 150 Å². The molecule has 0 radical (unpaired) electrons. The molecule has 1 heterocycles. The van der Waals surface area contributed by atoms with E-state index in [0.717, 1.165) is 5.56 Å². The van der Waals surface area contributed by atoms with Crippen molar-refractivity contribution in [2.24, 2.45) is 5.92 Å². The van der Waals surface area contributed by atoms with Gasteiger partial charge in [-0.2, -0.15) is 0 Å². The third kappa shape index (κ3) is 3.44. The minimum atomic E-state index is -0.491. The second-order valence-corrected chi connectivity index (χ2v) is 6.61. The number of benzene rings is 2. The lowest BCUT2D eigenvalue weighted by molar-refractivity contribution is -0.137. The van der Waals surface area contributed by atoms with Crippen molar-refractivity contribution in [2.45, 2.75) is 20.8 Å². The molecule has 0 saturated heterocycles. The average Bonchev–Trinajstić information content (AvgIpc) is 2.58. The van der Waals surface area contributed by atoms with E-state index < -0.39 is 5.97 Å². The first-order valence-corrected chi connectivity index (χ1v) is 8.29. The van der Waals surface area contributed by atoms with Gasteiger partial charge < -0.3 is 9.15 Å². The van der Waals surface area contributed by atoms with Crippen LogP contribution in [0.15, 0.2) is 51.7 Å². The van der Waals surface area contributed by atoms with Crippen molar-refractivity contribution in [3.63, 3.8) is 0 Å². The van der Waals surface area contributed by atoms with Crippen LogP contribution < -0.4 is 10.2 Å². The first kappa shape index (κ1) is 17.2. The molecule has 0 saturated carbocycles. The van der Waals surface area contributed by atoms with Gasteiger partial charge >= 0.3 is 5.97 Å². The number of halogens is 1. The highest BCUT2D eigenvalue weighted by Crippen LogP contribution is 2.32. The zero-order chi connectivity index (χ0) is 18.1. The molecule has 1 aromatic heterocycles. The summed E-state index contributed by atoms with van der Waals surface area (Å²) in [7, 11) is 0. The number of esters is 1. The predicted molar refractivity (Wildman–Crippen MR) is 98.1 cm³/mol. The largest absolute Gasteiger partial charge is 0.452 e. The fraction of sp³-hybridized carbons (Fsp3) is 0.200. The van der Waals surface area contributed by atoms with E-state index >= 15 is 0 Å². The van der Waals surface area contributed by atoms with Crippen molar-refractivity contribution < 1.29 is 13.9 Å². The summed E-state index contributed by atoms with van der Waals surface area (Å²) in [5.74, 6) is -0.744. The van der Waals surface area contributed by atoms with Gasteiger partial charge in [-0.3, -0.25) is 9.59 Å². The molecule has 5 heteroatoms. The molecule has 2 aromatic carbocycles. The van der Waals surface area contributed by atoms with Crippen LogP contribution in [0.5, 0.6) is 5.75 Å². The van der Waals surface area contributed by atoms with Gasteiger partial charge in [-0.05, 0) is 43.3 Å². The lowest BCUT2D eigenvalue weighted by Gasteiger charge is -2.12. The van der Waals surface area contributed by atoms with E-state index in [-0.39, 0.29) is 22.9 Å². The number of rotatable bonds is 3. The summed E-state index contributed by atoms with van der Waals surface area (Å²) in [4.78, 5) is 25.0. The lowest BCUT2D eigenvalue weighted by Crippen LogP contribution is -2.20. The number of carbonyl (C=O) groups is 1. The van der Waals surface area contributed by atoms with Crippen molar-refractivity contribution in [1.82, 2.24) is 0 Å². The topological polar surface area (TPSA) is 56.5 Å². The second kappa shape index (κ2) is 6.73. The van der Waals surface area contributed by atoms with Gasteiger partial charge in [-0.15, -0.1) is 0 Å². The highest BCUT2D eigenvalue weighted by atomic mass is 35.5. The summed E-state index contributed by atoms with van der Waals surface area (Å²) < 4.78 is 11.3. The highest BCUT2D eigenvalue weighted by molar-refractivity contribution is 6.30. The maximum atomic E-state index is 12.9. The summed E-state index contributed by atoms with van der Waals surface area (Å²) in [6.07, 6.45) is 0. The van der Waals surface area contributed by atoms with Gasteiger partial charge in [0.2, 0.25) is 11.2 Å². The summed E-state index contributed by atoms with van der Waals surface area (Å²) in [6, 6.07) is 12.1. The fourth-order valence-electron chi connectivity index (χ4n) is 2.39. The quantitative estimate of drug-likeness (QED) is 0.621. The minimum Gasteiger partial charge on any atom is -0.452 e. The van der Waals surface area contributed by atoms with Crippen LogP contribution in [-0.4, -0.2) is 5.97 Å². The van der Waals surface area contributed by atoms with Crippen LogP contribution in [0.2, 0.25) is 5.02 Å². The molecular formula is C20H17ClO4. The molecule has 0 aliphatic rings. The van der Waals surface area contributed by atoms with Crippen molar-refractivity contribution in [3.05, 3.63) is 63.3 Å². The van der Waals surface area contributed by atoms with Crippen LogP contribution in [0.4, 0.5) is 0 Å². The Hall–Kier alpha value is -2.59. The number of aryl methyl sites for hydroxylation is 1. The Morgan fingerprint density at radius 1 is 1.12 bits per heavy atom. The van der Waals surface area contributed by atoms with Crippen molar-refractivity contribution in [3.8, 4) is 17.1 Å². The second-order valence-electron chi connectivity index (χ2n) is 6.17. The number of hydrogen-bond acceptors (Lipinski definition) is 4. The van der Waals surface area contributed by atoms with E-state index in [2.05, 4.69) is 0 Å². The number of carbonyl (C=O) groups excluding carboxylic acids is 1. The van der Waals surface area contributed by atoms with Gasteiger partial charge in [-0.25, -0.2) is 0 Å². The molecule has 0 amide bonds. The first-order chi connectivity index (χ1) is 11.9. The lowest BCUT2D eigenvalue weighted by atomic mass is 10.1. The molecule has 0 bridgehead atoms. The molecule has 128 valence electrons. The molecular weight excluding hydrogens is 340 g/mol. The fourth-order valence-corrected chi connectivity index (χ4v) is 2.52. The molecule has 25 heavy (non-hydrogen) atoms. The third-order valence-corrected chi connectivity index (χ3v) is 4.04. The zero-order valence-corrected chi connectivity index (χ0v) is 14.9. The van der Waals surface area contributed by atoms with E-state index in [9.17, 15) is 9.59 Å². The molecule has 0 N–H and O–H groups in total. The van der Waals surface area contributed by atoms with Crippen LogP contribution in [0.25, 0.3) is 22.3 Å². The number of ether oxygens (including phenoxy) is 1. The molecule has 0 atom stereocenters. The normalized spacial score (nSPS) is 11.1. The van der Waals surface area contributed by atoms with Crippen LogP contribution in [0, 0.1) is 12.8 Å². The third-order valence-electron chi connectivity index (χ3n) is 3.78. The van der Waals surface area contributed by atoms with Gasteiger partial charge in [-0.1, -0.05) is 37.1 Å². The molecule has 3 aromatic rings. The summed E-state index contributed by atoms with van der Waals surface area (Å²) >= 11 is 5.93. The Balaban J connectivity index is 2.29. The Morgan fingerprint density at radius 3 is 2.44 bits per heavy atom. The Bertz CT molecular complexity index is 1000. The Kier molecular flexibility index (Phi) is 4.64. The molecule has 3 rings (SSSR count). The first-order valence-electron chi connectivity index (χ1n) is 7.92. The highest BCUT2D eigenvalue weighted by Gasteiger charge is 2.21. The van der Waals surface area contributed by atoms with Gasteiger partial charge in [0.1, 0.15) is 5.58 Å². The van der Waals surface area contributed by atoms with E-state index in [1.54, 1.807) is 50.2 Å². The van der Waals surface area contributed by atoms with Crippen molar-refractivity contribution in [2.75, 3.05) is 0 Å². The van der Waals surface area contributed by atoms with Gasteiger partial charge in [0.15, 0.2) is 5.76 Å². The molecule has 0 aliphatic heterocycles. The summed E-state index contributed by atoms with van der Waals surface area (Å²) in [5, 5.41) is 0.938. The molecule has 0 fully saturated rings. The Morgan fingerprint density at radius 2 is 1.80 bits per heavy atom.